The zero-order chi connectivity index (χ0) is 13.5. The van der Waals surface area contributed by atoms with Gasteiger partial charge in [0.2, 0.25) is 5.91 Å². The fourth-order valence-corrected chi connectivity index (χ4v) is 1.62. The molecule has 1 atom stereocenters. The molecule has 108 valence electrons. The minimum absolute atomic E-state index is 0. The monoisotopic (exact) mass is 288 g/mol. The van der Waals surface area contributed by atoms with Crippen LogP contribution in [-0.4, -0.2) is 44.7 Å². The van der Waals surface area contributed by atoms with Crippen molar-refractivity contribution in [3.63, 3.8) is 0 Å². The maximum atomic E-state index is 11.9. The van der Waals surface area contributed by atoms with E-state index in [2.05, 4.69) is 0 Å². The number of ether oxygens (including phenoxy) is 2. The summed E-state index contributed by atoms with van der Waals surface area (Å²) in [5.74, 6) is 0.663. The van der Waals surface area contributed by atoms with Crippen LogP contribution in [0.2, 0.25) is 0 Å². The average molecular weight is 289 g/mol. The molecule has 0 saturated heterocycles. The summed E-state index contributed by atoms with van der Waals surface area (Å²) in [4.78, 5) is 13.4. The van der Waals surface area contributed by atoms with Crippen LogP contribution >= 0.6 is 12.4 Å². The second kappa shape index (κ2) is 8.74. The van der Waals surface area contributed by atoms with Crippen LogP contribution in [-0.2, 0) is 16.1 Å². The molecule has 6 heteroatoms. The highest BCUT2D eigenvalue weighted by Crippen LogP contribution is 2.12. The van der Waals surface area contributed by atoms with Crippen molar-refractivity contribution in [2.75, 3.05) is 27.9 Å². The lowest BCUT2D eigenvalue weighted by Crippen LogP contribution is -2.44. The summed E-state index contributed by atoms with van der Waals surface area (Å²) in [5, 5.41) is 0. The first kappa shape index (κ1) is 17.7. The van der Waals surface area contributed by atoms with Crippen molar-refractivity contribution in [2.24, 2.45) is 5.73 Å². The van der Waals surface area contributed by atoms with Gasteiger partial charge in [-0.2, -0.15) is 0 Å². The molecule has 1 aromatic carbocycles. The molecule has 0 radical (unpaired) electrons. The third-order valence-corrected chi connectivity index (χ3v) is 2.62. The molecule has 0 aliphatic rings. The molecule has 1 aromatic rings. The van der Waals surface area contributed by atoms with Crippen LogP contribution in [0.3, 0.4) is 0 Å². The molecule has 0 heterocycles. The normalized spacial score (nSPS) is 11.4. The first-order valence-corrected chi connectivity index (χ1v) is 5.71. The molecule has 19 heavy (non-hydrogen) atoms. The minimum atomic E-state index is -0.613. The molecule has 1 rings (SSSR count). The lowest BCUT2D eigenvalue weighted by Gasteiger charge is -2.21. The van der Waals surface area contributed by atoms with E-state index in [0.29, 0.717) is 6.54 Å². The van der Waals surface area contributed by atoms with Gasteiger partial charge in [-0.05, 0) is 17.7 Å². The van der Waals surface area contributed by atoms with Gasteiger partial charge in [0.25, 0.3) is 0 Å². The Morgan fingerprint density at radius 1 is 1.32 bits per heavy atom. The van der Waals surface area contributed by atoms with Gasteiger partial charge in [0.1, 0.15) is 11.8 Å². The number of nitrogens with zero attached hydrogens (tertiary/aromatic N) is 1. The van der Waals surface area contributed by atoms with Crippen LogP contribution in [0.5, 0.6) is 5.75 Å². The van der Waals surface area contributed by atoms with E-state index in [4.69, 9.17) is 15.2 Å². The number of benzene rings is 1. The highest BCUT2D eigenvalue weighted by Gasteiger charge is 2.17. The Morgan fingerprint density at radius 3 is 2.37 bits per heavy atom. The first-order chi connectivity index (χ1) is 8.58. The molecule has 0 fully saturated rings. The number of amides is 1. The summed E-state index contributed by atoms with van der Waals surface area (Å²) in [6.45, 7) is 0.742. The standard InChI is InChI=1S/C13H20N2O3.ClH/c1-15(13(16)12(14)9-17-2)8-10-4-6-11(18-3)7-5-10;/h4-7,12H,8-9,14H2,1-3H3;1H. The zero-order valence-electron chi connectivity index (χ0n) is 11.5. The molecule has 0 saturated carbocycles. The smallest absolute Gasteiger partial charge is 0.241 e. The Morgan fingerprint density at radius 2 is 1.89 bits per heavy atom. The number of hydrogen-bond donors (Lipinski definition) is 1. The third kappa shape index (κ3) is 5.46. The highest BCUT2D eigenvalue weighted by molar-refractivity contribution is 5.85. The SMILES string of the molecule is COCC(N)C(=O)N(C)Cc1ccc(OC)cc1.Cl. The Balaban J connectivity index is 0.00000324. The van der Waals surface area contributed by atoms with Crippen LogP contribution in [0.4, 0.5) is 0 Å². The summed E-state index contributed by atoms with van der Waals surface area (Å²) >= 11 is 0. The van der Waals surface area contributed by atoms with Gasteiger partial charge in [-0.15, -0.1) is 12.4 Å². The molecule has 0 bridgehead atoms. The summed E-state index contributed by atoms with van der Waals surface area (Å²) in [5.41, 5.74) is 6.72. The summed E-state index contributed by atoms with van der Waals surface area (Å²) in [6.07, 6.45) is 0. The number of carbonyl (C=O) groups excluding carboxylic acids is 1. The average Bonchev–Trinajstić information content (AvgIpc) is 2.39. The number of likely N-dealkylation sites (N-methyl/N-ethyl adjacent to an activating group) is 1. The van der Waals surface area contributed by atoms with Gasteiger partial charge < -0.3 is 20.1 Å². The molecule has 0 spiro atoms. The van der Waals surface area contributed by atoms with Gasteiger partial charge in [0.05, 0.1) is 13.7 Å². The van der Waals surface area contributed by atoms with Crippen molar-refractivity contribution in [3.8, 4) is 5.75 Å². The summed E-state index contributed by atoms with van der Waals surface area (Å²) < 4.78 is 9.94. The maximum Gasteiger partial charge on any atom is 0.241 e. The van der Waals surface area contributed by atoms with Gasteiger partial charge in [-0.25, -0.2) is 0 Å². The predicted molar refractivity (Wildman–Crippen MR) is 76.6 cm³/mol. The second-order valence-electron chi connectivity index (χ2n) is 4.10. The van der Waals surface area contributed by atoms with Crippen LogP contribution in [0.15, 0.2) is 24.3 Å². The largest absolute Gasteiger partial charge is 0.497 e. The van der Waals surface area contributed by atoms with Crippen LogP contribution in [0.1, 0.15) is 5.56 Å². The van der Waals surface area contributed by atoms with Gasteiger partial charge in [0.15, 0.2) is 0 Å². The maximum absolute atomic E-state index is 11.9. The number of nitrogens with two attached hydrogens (primary N) is 1. The van der Waals surface area contributed by atoms with Crippen molar-refractivity contribution in [3.05, 3.63) is 29.8 Å². The molecule has 1 amide bonds. The van der Waals surface area contributed by atoms with Crippen LogP contribution < -0.4 is 10.5 Å². The van der Waals surface area contributed by atoms with E-state index in [1.165, 1.54) is 7.11 Å². The van der Waals surface area contributed by atoms with E-state index in [1.54, 1.807) is 19.1 Å². The van der Waals surface area contributed by atoms with E-state index in [9.17, 15) is 4.79 Å². The van der Waals surface area contributed by atoms with E-state index in [0.717, 1.165) is 11.3 Å². The molecule has 1 unspecified atom stereocenters. The topological polar surface area (TPSA) is 64.8 Å². The van der Waals surface area contributed by atoms with E-state index in [1.807, 2.05) is 24.3 Å². The van der Waals surface area contributed by atoms with Crippen LogP contribution in [0, 0.1) is 0 Å². The number of rotatable bonds is 6. The molecule has 0 aliphatic carbocycles. The number of methoxy groups -OCH3 is 2. The Bertz CT molecular complexity index is 384. The fraction of sp³-hybridized carbons (Fsp3) is 0.462. The van der Waals surface area contributed by atoms with Gasteiger partial charge in [-0.3, -0.25) is 4.79 Å². The quantitative estimate of drug-likeness (QED) is 0.850. The van der Waals surface area contributed by atoms with Crippen molar-refractivity contribution in [1.82, 2.24) is 4.90 Å². The van der Waals surface area contributed by atoms with Gasteiger partial charge in [0, 0.05) is 20.7 Å². The van der Waals surface area contributed by atoms with Crippen molar-refractivity contribution in [2.45, 2.75) is 12.6 Å². The second-order valence-corrected chi connectivity index (χ2v) is 4.10. The lowest BCUT2D eigenvalue weighted by molar-refractivity contribution is -0.132. The number of carbonyl (C=O) groups is 1. The lowest BCUT2D eigenvalue weighted by atomic mass is 10.2. The molecule has 2 N–H and O–H groups in total. The summed E-state index contributed by atoms with van der Waals surface area (Å²) in [7, 11) is 4.87. The highest BCUT2D eigenvalue weighted by atomic mass is 35.5. The molecule has 0 aliphatic heterocycles. The van der Waals surface area contributed by atoms with Gasteiger partial charge >= 0.3 is 0 Å². The molecule has 5 nitrogen and oxygen atoms in total. The molecule has 0 aromatic heterocycles. The number of halogens is 1. The molecular formula is C13H21ClN2O3. The fourth-order valence-electron chi connectivity index (χ4n) is 1.62. The van der Waals surface area contributed by atoms with Crippen LogP contribution in [0.25, 0.3) is 0 Å². The van der Waals surface area contributed by atoms with Crippen molar-refractivity contribution >= 4 is 18.3 Å². The Labute approximate surface area is 120 Å². The van der Waals surface area contributed by atoms with Crippen molar-refractivity contribution in [1.29, 1.82) is 0 Å². The Kier molecular flexibility index (Phi) is 8.14. The van der Waals surface area contributed by atoms with E-state index < -0.39 is 6.04 Å². The van der Waals surface area contributed by atoms with E-state index >= 15 is 0 Å². The van der Waals surface area contributed by atoms with E-state index in [-0.39, 0.29) is 24.9 Å². The van der Waals surface area contributed by atoms with Crippen molar-refractivity contribution < 1.29 is 14.3 Å². The third-order valence-electron chi connectivity index (χ3n) is 2.62. The molecular weight excluding hydrogens is 268 g/mol. The minimum Gasteiger partial charge on any atom is -0.497 e. The first-order valence-electron chi connectivity index (χ1n) is 5.71. The number of hydrogen-bond acceptors (Lipinski definition) is 4. The zero-order valence-corrected chi connectivity index (χ0v) is 12.3. The predicted octanol–water partition coefficient (Wildman–Crippen LogP) is 1.05. The Hall–Kier alpha value is -1.30. The summed E-state index contributed by atoms with van der Waals surface area (Å²) in [6, 6.07) is 6.96. The van der Waals surface area contributed by atoms with Gasteiger partial charge in [-0.1, -0.05) is 12.1 Å².